The Balaban J connectivity index is 1.78. The van der Waals surface area contributed by atoms with Crippen LogP contribution in [0.1, 0.15) is 82.9 Å². The molecule has 2 aromatic carbocycles. The normalized spacial score (nSPS) is 25.7. The summed E-state index contributed by atoms with van der Waals surface area (Å²) in [6.07, 6.45) is 6.08. The second-order valence-electron chi connectivity index (χ2n) is 11.8. The van der Waals surface area contributed by atoms with E-state index >= 15 is 0 Å². The van der Waals surface area contributed by atoms with Crippen LogP contribution in [0, 0.1) is 0 Å². The molecule has 2 bridgehead atoms. The lowest BCUT2D eigenvalue weighted by Gasteiger charge is -2.50. The van der Waals surface area contributed by atoms with Gasteiger partial charge in [0, 0.05) is 30.4 Å². The van der Waals surface area contributed by atoms with Crippen molar-refractivity contribution in [2.24, 2.45) is 5.16 Å². The third-order valence-corrected chi connectivity index (χ3v) is 8.68. The zero-order chi connectivity index (χ0) is 32.8. The number of unbranched alkanes of at least 4 members (excludes halogenated alkanes) is 3. The number of hydrogen-bond acceptors (Lipinski definition) is 9. The summed E-state index contributed by atoms with van der Waals surface area (Å²) in [5.74, 6) is -0.492. The van der Waals surface area contributed by atoms with Gasteiger partial charge in [-0.15, -0.1) is 0 Å². The van der Waals surface area contributed by atoms with E-state index in [1.807, 2.05) is 37.3 Å². The summed E-state index contributed by atoms with van der Waals surface area (Å²) in [7, 11) is 0. The Labute approximate surface area is 279 Å². The molecule has 0 aromatic heterocycles. The minimum atomic E-state index is -1.32. The largest absolute Gasteiger partial charge is 0.494 e. The molecule has 0 aliphatic carbocycles. The maximum absolute atomic E-state index is 9.28. The van der Waals surface area contributed by atoms with Gasteiger partial charge in [-0.2, -0.15) is 0 Å². The molecule has 2 aliphatic heterocycles. The first kappa shape index (κ1) is 36.6. The van der Waals surface area contributed by atoms with Crippen molar-refractivity contribution in [3.63, 3.8) is 0 Å². The first-order valence-electron chi connectivity index (χ1n) is 16.9. The summed E-state index contributed by atoms with van der Waals surface area (Å²) in [6.45, 7) is 10.6. The highest BCUT2D eigenvalue weighted by Crippen LogP contribution is 2.52. The van der Waals surface area contributed by atoms with Gasteiger partial charge in [-0.05, 0) is 68.0 Å². The Bertz CT molecular complexity index is 1210. The van der Waals surface area contributed by atoms with Crippen LogP contribution in [0.2, 0.25) is 5.02 Å². The summed E-state index contributed by atoms with van der Waals surface area (Å²) in [6, 6.07) is 13.9. The van der Waals surface area contributed by atoms with Gasteiger partial charge in [-0.3, -0.25) is 0 Å². The second-order valence-corrected chi connectivity index (χ2v) is 12.3. The first-order valence-corrected chi connectivity index (χ1v) is 17.3. The van der Waals surface area contributed by atoms with Gasteiger partial charge in [0.1, 0.15) is 30.7 Å². The fraction of sp³-hybridized carbons (Fsp3) is 0.639. The predicted octanol–water partition coefficient (Wildman–Crippen LogP) is 6.83. The van der Waals surface area contributed by atoms with E-state index in [4.69, 9.17) is 44.9 Å². The molecular formula is C36H52ClNO8. The highest BCUT2D eigenvalue weighted by molar-refractivity contribution is 6.31. The molecule has 2 aliphatic rings. The molecule has 0 spiro atoms. The summed E-state index contributed by atoms with van der Waals surface area (Å²) in [5.41, 5.74) is 1.68. The minimum Gasteiger partial charge on any atom is -0.494 e. The number of ether oxygens (including phenoxy) is 6. The van der Waals surface area contributed by atoms with Gasteiger partial charge in [0.25, 0.3) is 0 Å². The van der Waals surface area contributed by atoms with Crippen LogP contribution in [0.3, 0.4) is 0 Å². The molecule has 9 nitrogen and oxygen atoms in total. The van der Waals surface area contributed by atoms with Gasteiger partial charge >= 0.3 is 0 Å². The molecule has 4 rings (SSSR count). The van der Waals surface area contributed by atoms with Crippen molar-refractivity contribution in [1.29, 1.82) is 0 Å². The van der Waals surface area contributed by atoms with E-state index in [2.05, 4.69) is 38.1 Å². The molecule has 0 unspecified atom stereocenters. The van der Waals surface area contributed by atoms with Gasteiger partial charge in [-0.25, -0.2) is 0 Å². The Morgan fingerprint density at radius 1 is 0.891 bits per heavy atom. The number of aliphatic hydroxyl groups excluding tert-OH is 1. The number of hydrogen-bond donors (Lipinski definition) is 1. The Morgan fingerprint density at radius 2 is 1.57 bits per heavy atom. The van der Waals surface area contributed by atoms with Crippen molar-refractivity contribution >= 4 is 17.8 Å². The third-order valence-electron chi connectivity index (χ3n) is 8.31. The van der Waals surface area contributed by atoms with Crippen LogP contribution in [-0.2, 0) is 40.7 Å². The molecule has 0 amide bonds. The van der Waals surface area contributed by atoms with Crippen LogP contribution in [0.4, 0.5) is 0 Å². The van der Waals surface area contributed by atoms with Crippen LogP contribution < -0.4 is 4.74 Å². The van der Waals surface area contributed by atoms with Crippen LogP contribution >= 0.6 is 11.6 Å². The molecular weight excluding hydrogens is 610 g/mol. The lowest BCUT2D eigenvalue weighted by Crippen LogP contribution is -2.67. The highest BCUT2D eigenvalue weighted by atomic mass is 35.5. The Morgan fingerprint density at radius 3 is 2.22 bits per heavy atom. The van der Waals surface area contributed by atoms with E-state index in [1.165, 1.54) is 0 Å². The summed E-state index contributed by atoms with van der Waals surface area (Å²) in [4.78, 5) is 5.34. The van der Waals surface area contributed by atoms with Crippen LogP contribution in [0.25, 0.3) is 0 Å². The molecule has 1 N–H and O–H groups in total. The maximum Gasteiger partial charge on any atom is 0.226 e. The Hall–Kier alpha value is -2.24. The van der Waals surface area contributed by atoms with Gasteiger partial charge < -0.3 is 38.4 Å². The Kier molecular flexibility index (Phi) is 14.6. The number of rotatable bonds is 21. The maximum atomic E-state index is 9.28. The minimum absolute atomic E-state index is 0.0607. The predicted molar refractivity (Wildman–Crippen MR) is 179 cm³/mol. The van der Waals surface area contributed by atoms with Crippen LogP contribution in [0.15, 0.2) is 47.6 Å². The van der Waals surface area contributed by atoms with Gasteiger partial charge in [0.2, 0.25) is 5.79 Å². The lowest BCUT2D eigenvalue weighted by molar-refractivity contribution is -0.333. The summed E-state index contributed by atoms with van der Waals surface area (Å²) < 4.78 is 39.4. The number of nitrogens with zero attached hydrogens (tertiary/aromatic N) is 1. The molecule has 2 heterocycles. The summed E-state index contributed by atoms with van der Waals surface area (Å²) >= 11 is 6.80. The zero-order valence-corrected chi connectivity index (χ0v) is 28.6. The second kappa shape index (κ2) is 18.3. The highest BCUT2D eigenvalue weighted by Gasteiger charge is 2.69. The number of fused-ring (bicyclic) bond motifs is 2. The third kappa shape index (κ3) is 8.81. The van der Waals surface area contributed by atoms with Gasteiger partial charge in [-0.1, -0.05) is 75.0 Å². The van der Waals surface area contributed by atoms with E-state index in [0.29, 0.717) is 37.9 Å². The smallest absolute Gasteiger partial charge is 0.226 e. The fourth-order valence-corrected chi connectivity index (χ4v) is 6.05. The molecule has 256 valence electrons. The van der Waals surface area contributed by atoms with E-state index in [9.17, 15) is 5.11 Å². The van der Waals surface area contributed by atoms with Crippen LogP contribution in [-0.4, -0.2) is 81.5 Å². The lowest BCUT2D eigenvalue weighted by atomic mass is 9.83. The molecule has 46 heavy (non-hydrogen) atoms. The van der Waals surface area contributed by atoms with Crippen molar-refractivity contribution in [2.45, 2.75) is 102 Å². The van der Waals surface area contributed by atoms with E-state index in [1.54, 1.807) is 6.21 Å². The molecule has 10 heteroatoms. The SMILES string of the molecule is CCCCO[C@@H]1[C@@H](OCCCC)[C@@]2(c3ccc(Cl)c(Cc4ccc(OCC)cc4)c3)OC[C@](/C=N/OCCO)(O2)[C@H]1OCCCC. The number of halogens is 1. The van der Waals surface area contributed by atoms with E-state index in [0.717, 1.165) is 61.0 Å². The number of oxime groups is 1. The average Bonchev–Trinajstić information content (AvgIpc) is 3.42. The molecule has 2 saturated heterocycles. The molecule has 2 fully saturated rings. The van der Waals surface area contributed by atoms with Crippen molar-refractivity contribution < 1.29 is 38.4 Å². The number of aliphatic hydroxyl groups is 1. The van der Waals surface area contributed by atoms with Crippen molar-refractivity contribution in [3.05, 3.63) is 64.2 Å². The monoisotopic (exact) mass is 661 g/mol. The zero-order valence-electron chi connectivity index (χ0n) is 27.9. The fourth-order valence-electron chi connectivity index (χ4n) is 5.86. The van der Waals surface area contributed by atoms with E-state index < -0.39 is 29.7 Å². The quantitative estimate of drug-likeness (QED) is 0.0883. The van der Waals surface area contributed by atoms with E-state index in [-0.39, 0.29) is 19.8 Å². The topological polar surface area (TPSA) is 97.2 Å². The molecule has 0 radical (unpaired) electrons. The van der Waals surface area contributed by atoms with Crippen LogP contribution in [0.5, 0.6) is 5.75 Å². The van der Waals surface area contributed by atoms with Crippen molar-refractivity contribution in [2.75, 3.05) is 46.2 Å². The van der Waals surface area contributed by atoms with Crippen molar-refractivity contribution in [1.82, 2.24) is 0 Å². The standard InChI is InChI=1S/C36H52ClNO8/c1-5-9-19-41-32-33(42-20-10-6-2)35(25-38-45-22-18-39)26-44-36(46-35,34(32)43-21-11-7-3)29-14-17-31(37)28(24-29)23-27-12-15-30(16-13-27)40-8-4/h12-17,24-25,32-34,39H,5-11,18-23,26H2,1-4H3/b38-25+/t32-,33-,34+,35-,36-/m0/s1. The average molecular weight is 662 g/mol. The summed E-state index contributed by atoms with van der Waals surface area (Å²) in [5, 5.41) is 14.1. The molecule has 0 saturated carbocycles. The van der Waals surface area contributed by atoms with Gasteiger partial charge in [0.05, 0.1) is 26.0 Å². The molecule has 2 aromatic rings. The molecule has 5 atom stereocenters. The van der Waals surface area contributed by atoms with Gasteiger partial charge in [0.15, 0.2) is 5.60 Å². The number of benzene rings is 2. The first-order chi connectivity index (χ1) is 22.5. The van der Waals surface area contributed by atoms with Crippen molar-refractivity contribution in [3.8, 4) is 5.75 Å².